The molecule has 0 radical (unpaired) electrons. The minimum absolute atomic E-state index is 1.42. The number of thioether (sulfide) groups is 1. The van der Waals surface area contributed by atoms with Crippen LogP contribution in [0.25, 0.3) is 0 Å². The first kappa shape index (κ1) is 8.09. The summed E-state index contributed by atoms with van der Waals surface area (Å²) in [4.78, 5) is 0. The van der Waals surface area contributed by atoms with Crippen LogP contribution in [-0.4, -0.2) is 11.5 Å². The molecule has 48 valence electrons. The zero-order valence-electron chi connectivity index (χ0n) is 5.52. The molecule has 1 aliphatic heterocycles. The van der Waals surface area contributed by atoms with Crippen molar-refractivity contribution in [2.24, 2.45) is 0 Å². The van der Waals surface area contributed by atoms with Gasteiger partial charge >= 0.3 is 0 Å². The minimum Gasteiger partial charge on any atom is -0.162 e. The molecule has 1 heteroatoms. The summed E-state index contributed by atoms with van der Waals surface area (Å²) in [6.07, 6.45) is 4.68. The average Bonchev–Trinajstić information content (AvgIpc) is 2.17. The fraction of sp³-hybridized carbons (Fsp3) is 0.714. The van der Waals surface area contributed by atoms with Crippen molar-refractivity contribution in [2.45, 2.75) is 19.8 Å². The highest BCUT2D eigenvalue weighted by Crippen LogP contribution is 2.14. The molecule has 8 heavy (non-hydrogen) atoms. The fourth-order valence-corrected chi connectivity index (χ4v) is 1.53. The SMILES string of the molecule is C1CCSC1.C=CC. The second kappa shape index (κ2) is 7.09. The molecule has 0 saturated carbocycles. The van der Waals surface area contributed by atoms with Crippen LogP contribution in [0.2, 0.25) is 0 Å². The lowest BCUT2D eigenvalue weighted by Gasteiger charge is -1.69. The highest BCUT2D eigenvalue weighted by atomic mass is 32.2. The van der Waals surface area contributed by atoms with Crippen LogP contribution in [0.1, 0.15) is 19.8 Å². The molecule has 0 unspecified atom stereocenters. The second-order valence-corrected chi connectivity index (χ2v) is 2.95. The Morgan fingerprint density at radius 3 is 1.88 bits per heavy atom. The molecular formula is C7H14S. The summed E-state index contributed by atoms with van der Waals surface area (Å²) in [6.45, 7) is 5.25. The van der Waals surface area contributed by atoms with E-state index in [1.807, 2.05) is 6.92 Å². The zero-order chi connectivity index (χ0) is 6.24. The van der Waals surface area contributed by atoms with E-state index >= 15 is 0 Å². The normalized spacial score (nSPS) is 16.6. The molecule has 1 fully saturated rings. The first-order valence-corrected chi connectivity index (χ1v) is 4.22. The topological polar surface area (TPSA) is 0 Å². The van der Waals surface area contributed by atoms with Gasteiger partial charge < -0.3 is 0 Å². The molecule has 0 amide bonds. The van der Waals surface area contributed by atoms with Crippen molar-refractivity contribution in [3.05, 3.63) is 12.7 Å². The number of allylic oxidation sites excluding steroid dienone is 1. The number of hydrogen-bond donors (Lipinski definition) is 0. The molecule has 1 rings (SSSR count). The van der Waals surface area contributed by atoms with Crippen LogP contribution in [0.15, 0.2) is 12.7 Å². The van der Waals surface area contributed by atoms with Gasteiger partial charge in [0.2, 0.25) is 0 Å². The summed E-state index contributed by atoms with van der Waals surface area (Å²) >= 11 is 2.07. The predicted octanol–water partition coefficient (Wildman–Crippen LogP) is 2.71. The van der Waals surface area contributed by atoms with E-state index in [0.29, 0.717) is 0 Å². The molecule has 0 aliphatic carbocycles. The number of hydrogen-bond acceptors (Lipinski definition) is 1. The van der Waals surface area contributed by atoms with Crippen LogP contribution >= 0.6 is 11.8 Å². The molecular weight excluding hydrogens is 116 g/mol. The van der Waals surface area contributed by atoms with Crippen molar-refractivity contribution in [1.82, 2.24) is 0 Å². The molecule has 0 bridgehead atoms. The molecule has 1 saturated heterocycles. The third-order valence-corrected chi connectivity index (χ3v) is 1.98. The van der Waals surface area contributed by atoms with E-state index in [1.165, 1.54) is 24.3 Å². The van der Waals surface area contributed by atoms with Gasteiger partial charge in [0.25, 0.3) is 0 Å². The van der Waals surface area contributed by atoms with Gasteiger partial charge in [-0.2, -0.15) is 11.8 Å². The highest BCUT2D eigenvalue weighted by Gasteiger charge is 1.95. The summed E-state index contributed by atoms with van der Waals surface area (Å²) in [5, 5.41) is 0. The minimum atomic E-state index is 1.42. The van der Waals surface area contributed by atoms with Crippen LogP contribution < -0.4 is 0 Å². The van der Waals surface area contributed by atoms with Crippen LogP contribution in [-0.2, 0) is 0 Å². The molecule has 0 nitrogen and oxygen atoms in total. The lowest BCUT2D eigenvalue weighted by molar-refractivity contribution is 0.949. The van der Waals surface area contributed by atoms with Crippen molar-refractivity contribution >= 4 is 11.8 Å². The molecule has 1 heterocycles. The lowest BCUT2D eigenvalue weighted by atomic mass is 10.4. The quantitative estimate of drug-likeness (QED) is 0.454. The summed E-state index contributed by atoms with van der Waals surface area (Å²) in [7, 11) is 0. The van der Waals surface area contributed by atoms with E-state index in [4.69, 9.17) is 0 Å². The Balaban J connectivity index is 0.000000145. The lowest BCUT2D eigenvalue weighted by Crippen LogP contribution is -1.58. The maximum atomic E-state index is 3.36. The third-order valence-electron chi connectivity index (χ3n) is 0.827. The van der Waals surface area contributed by atoms with Crippen LogP contribution in [0.3, 0.4) is 0 Å². The van der Waals surface area contributed by atoms with Gasteiger partial charge in [-0.25, -0.2) is 0 Å². The Labute approximate surface area is 56.4 Å². The molecule has 0 aromatic heterocycles. The Hall–Kier alpha value is 0.0900. The second-order valence-electron chi connectivity index (χ2n) is 1.73. The highest BCUT2D eigenvalue weighted by molar-refractivity contribution is 7.99. The third kappa shape index (κ3) is 6.09. The Bertz CT molecular complexity index is 38.7. The van der Waals surface area contributed by atoms with Crippen molar-refractivity contribution in [2.75, 3.05) is 11.5 Å². The van der Waals surface area contributed by atoms with Crippen molar-refractivity contribution < 1.29 is 0 Å². The largest absolute Gasteiger partial charge is 0.162 e. The average molecular weight is 130 g/mol. The fourth-order valence-electron chi connectivity index (χ4n) is 0.510. The van der Waals surface area contributed by atoms with E-state index in [1.54, 1.807) is 6.08 Å². The summed E-state index contributed by atoms with van der Waals surface area (Å²) in [6, 6.07) is 0. The van der Waals surface area contributed by atoms with E-state index < -0.39 is 0 Å². The van der Waals surface area contributed by atoms with E-state index in [9.17, 15) is 0 Å². The summed E-state index contributed by atoms with van der Waals surface area (Å²) < 4.78 is 0. The first-order valence-electron chi connectivity index (χ1n) is 3.06. The molecule has 0 spiro atoms. The molecule has 0 N–H and O–H groups in total. The van der Waals surface area contributed by atoms with E-state index in [0.717, 1.165) is 0 Å². The first-order chi connectivity index (χ1) is 3.91. The van der Waals surface area contributed by atoms with E-state index in [-0.39, 0.29) is 0 Å². The molecule has 0 aromatic carbocycles. The van der Waals surface area contributed by atoms with Gasteiger partial charge in [0.15, 0.2) is 0 Å². The smallest absolute Gasteiger partial charge is 0.00672 e. The van der Waals surface area contributed by atoms with Crippen LogP contribution in [0.4, 0.5) is 0 Å². The maximum Gasteiger partial charge on any atom is -0.00672 e. The number of rotatable bonds is 0. The summed E-state index contributed by atoms with van der Waals surface area (Å²) in [5.74, 6) is 2.83. The van der Waals surface area contributed by atoms with Crippen molar-refractivity contribution in [3.63, 3.8) is 0 Å². The van der Waals surface area contributed by atoms with Gasteiger partial charge in [0.05, 0.1) is 0 Å². The van der Waals surface area contributed by atoms with Gasteiger partial charge in [-0.1, -0.05) is 6.08 Å². The van der Waals surface area contributed by atoms with Crippen molar-refractivity contribution in [3.8, 4) is 0 Å². The van der Waals surface area contributed by atoms with Crippen LogP contribution in [0.5, 0.6) is 0 Å². The molecule has 1 aliphatic rings. The molecule has 0 atom stereocenters. The Morgan fingerprint density at radius 2 is 1.75 bits per heavy atom. The maximum absolute atomic E-state index is 3.36. The van der Waals surface area contributed by atoms with Crippen LogP contribution in [0, 0.1) is 0 Å². The predicted molar refractivity (Wildman–Crippen MR) is 42.4 cm³/mol. The van der Waals surface area contributed by atoms with Gasteiger partial charge in [-0.3, -0.25) is 0 Å². The van der Waals surface area contributed by atoms with Crippen molar-refractivity contribution in [1.29, 1.82) is 0 Å². The van der Waals surface area contributed by atoms with Gasteiger partial charge in [-0.15, -0.1) is 6.58 Å². The van der Waals surface area contributed by atoms with Gasteiger partial charge in [-0.05, 0) is 31.3 Å². The van der Waals surface area contributed by atoms with Gasteiger partial charge in [0.1, 0.15) is 0 Å². The standard InChI is InChI=1S/C4H8S.C3H6/c1-2-4-5-3-1;1-3-2/h1-4H2;3H,1H2,2H3. The zero-order valence-corrected chi connectivity index (χ0v) is 6.34. The van der Waals surface area contributed by atoms with E-state index in [2.05, 4.69) is 18.3 Å². The van der Waals surface area contributed by atoms with Gasteiger partial charge in [0, 0.05) is 0 Å². The summed E-state index contributed by atoms with van der Waals surface area (Å²) in [5.41, 5.74) is 0. The monoisotopic (exact) mass is 130 g/mol. The molecule has 0 aromatic rings. The Kier molecular flexibility index (Phi) is 7.17. The Morgan fingerprint density at radius 1 is 1.38 bits per heavy atom.